The number of aryl methyl sites for hydroxylation is 4. The summed E-state index contributed by atoms with van der Waals surface area (Å²) in [6, 6.07) is 29.1. The molecule has 426 valence electrons. The van der Waals surface area contributed by atoms with Gasteiger partial charge in [0.2, 0.25) is 29.5 Å². The van der Waals surface area contributed by atoms with Gasteiger partial charge in [0.25, 0.3) is 11.4 Å². The molecule has 5 atom stereocenters. The van der Waals surface area contributed by atoms with Crippen molar-refractivity contribution < 1.29 is 53.0 Å². The van der Waals surface area contributed by atoms with Gasteiger partial charge >= 0.3 is 13.3 Å². The van der Waals surface area contributed by atoms with Gasteiger partial charge in [-0.25, -0.2) is 4.79 Å². The Bertz CT molecular complexity index is 3720. The third kappa shape index (κ3) is 12.1. The fourth-order valence-corrected chi connectivity index (χ4v) is 12.2. The summed E-state index contributed by atoms with van der Waals surface area (Å²) in [4.78, 5) is 131. The Morgan fingerprint density at radius 2 is 1.45 bits per heavy atom. The topological polar surface area (TPSA) is 317 Å². The fourth-order valence-electron chi connectivity index (χ4n) is 11.7. The molecular formula is C60H64N9O12P. The lowest BCUT2D eigenvalue weighted by atomic mass is 9.95. The number of aromatic nitrogens is 3. The Labute approximate surface area is 470 Å². The van der Waals surface area contributed by atoms with E-state index >= 15 is 4.79 Å². The number of fused-ring (bicyclic) bond motifs is 2. The molecule has 82 heavy (non-hydrogen) atoms. The molecule has 0 saturated carbocycles. The molecule has 2 aromatic heterocycles. The number of benzene rings is 5. The lowest BCUT2D eigenvalue weighted by Gasteiger charge is -2.29. The second-order valence-corrected chi connectivity index (χ2v) is 23.0. The van der Waals surface area contributed by atoms with E-state index in [-0.39, 0.29) is 55.0 Å². The largest absolute Gasteiger partial charge is 0.396 e. The van der Waals surface area contributed by atoms with Crippen molar-refractivity contribution >= 4 is 76.2 Å². The number of imidazole rings is 1. The second kappa shape index (κ2) is 23.9. The van der Waals surface area contributed by atoms with Crippen LogP contribution in [0, 0.1) is 0 Å². The number of nitrogens with zero attached hydrogens (tertiary/aromatic N) is 3. The number of amides is 6. The Hall–Kier alpha value is -8.49. The van der Waals surface area contributed by atoms with E-state index < -0.39 is 79.1 Å². The minimum atomic E-state index is -5.09. The van der Waals surface area contributed by atoms with Crippen molar-refractivity contribution in [3.05, 3.63) is 170 Å². The van der Waals surface area contributed by atoms with Crippen molar-refractivity contribution in [2.45, 2.75) is 120 Å². The predicted octanol–water partition coefficient (Wildman–Crippen LogP) is 4.91. The number of nitrogens with one attached hydrogen (secondary N) is 5. The van der Waals surface area contributed by atoms with Crippen LogP contribution < -0.4 is 37.6 Å². The Morgan fingerprint density at radius 1 is 0.768 bits per heavy atom. The van der Waals surface area contributed by atoms with E-state index in [4.69, 9.17) is 5.73 Å². The maximum atomic E-state index is 15.0. The van der Waals surface area contributed by atoms with E-state index in [1.807, 2.05) is 91.0 Å². The van der Waals surface area contributed by atoms with Gasteiger partial charge in [-0.3, -0.25) is 52.2 Å². The molecule has 5 aromatic carbocycles. The molecule has 2 unspecified atom stereocenters. The van der Waals surface area contributed by atoms with Crippen molar-refractivity contribution in [3.8, 4) is 0 Å². The molecule has 0 bridgehead atoms. The van der Waals surface area contributed by atoms with Crippen LogP contribution in [0.25, 0.3) is 21.9 Å². The average Bonchev–Trinajstić information content (AvgIpc) is 4.02. The van der Waals surface area contributed by atoms with E-state index in [0.29, 0.717) is 41.4 Å². The molecule has 3 aliphatic rings. The van der Waals surface area contributed by atoms with Gasteiger partial charge in [0, 0.05) is 42.8 Å². The van der Waals surface area contributed by atoms with Gasteiger partial charge in [0.05, 0.1) is 28.8 Å². The van der Waals surface area contributed by atoms with Crippen molar-refractivity contribution in [2.75, 3.05) is 4.90 Å². The average molecular weight is 1130 g/mol. The third-order valence-corrected chi connectivity index (χ3v) is 16.7. The first-order chi connectivity index (χ1) is 39.3. The monoisotopic (exact) mass is 1130 g/mol. The van der Waals surface area contributed by atoms with Gasteiger partial charge in [-0.15, -0.1) is 0 Å². The van der Waals surface area contributed by atoms with Crippen LogP contribution in [0.3, 0.4) is 0 Å². The minimum absolute atomic E-state index is 0.00849. The quantitative estimate of drug-likeness (QED) is 0.0343. The lowest BCUT2D eigenvalue weighted by Crippen LogP contribution is -2.57. The number of hydrogen-bond acceptors (Lipinski definition) is 10. The van der Waals surface area contributed by atoms with E-state index in [0.717, 1.165) is 71.0 Å². The highest BCUT2D eigenvalue weighted by Gasteiger charge is 2.45. The number of carbonyl (C=O) groups excluding carboxylic acids is 7. The van der Waals surface area contributed by atoms with Gasteiger partial charge in [0.15, 0.2) is 0 Å². The number of carbonyl (C=O) groups is 7. The fraction of sp³-hybridized carbons (Fsp3) is 0.333. The normalized spacial score (nSPS) is 18.2. The Balaban J connectivity index is 0.863. The maximum absolute atomic E-state index is 15.0. The number of H-pyrrole nitrogens is 1. The molecule has 22 heteroatoms. The summed E-state index contributed by atoms with van der Waals surface area (Å²) in [7, 11) is -3.39. The highest BCUT2D eigenvalue weighted by atomic mass is 31.2. The lowest BCUT2D eigenvalue weighted by molar-refractivity contribution is -0.131. The summed E-state index contributed by atoms with van der Waals surface area (Å²) in [5.41, 5.74) is 11.3. The van der Waals surface area contributed by atoms with E-state index in [1.165, 1.54) is 29.2 Å². The molecular weight excluding hydrogens is 1070 g/mol. The molecule has 10 rings (SSSR count). The van der Waals surface area contributed by atoms with Crippen LogP contribution in [-0.2, 0) is 61.3 Å². The summed E-state index contributed by atoms with van der Waals surface area (Å²) in [5, 5.41) is 22.3. The van der Waals surface area contributed by atoms with Crippen molar-refractivity contribution in [1.82, 2.24) is 35.4 Å². The SMILES string of the molecule is Cn1c(=O)n(C2CCC(=O)NC2O)c2ccc(CCCCCCc3cc4c5c(c3)C[C@@H](C(=O)N[C@@H](CCC(N)=O)C(=O)NC(c3ccccc3)c3ccccc3)N5C(=O)[C@@H](NC(=O)c3cc5cc(C(=O)P(=O)(O)O)ccc5[nH]3)CC4)cc21. The standard InChI is InChI=1S/C60H64N9O12P/c1-67-48-30-34(18-24-46(48)68(60(67)78)47-25-27-51(71)65-56(47)74)12-6-2-3-7-13-35-28-38-19-22-44(64-55(73)45-32-40-31-39(20-21-42(40)62-45)59(77)82(79,80)81)58(76)69-49(33-41(29-35)53(38)69)57(75)63-43(23-26-50(61)70)54(72)66-52(36-14-8-4-9-15-36)37-16-10-5-11-17-37/h4-5,8-11,14-18,20-21,24,28-32,43-44,47,49,52,56,62,74H,2-3,6-7,12-13,19,22-23,25-27,33H2,1H3,(H2,61,70)(H,63,75)(H,64,73)(H,65,71)(H,66,72)(H2,79,80,81)/t43-,44-,47?,49-,56?/m0/s1. The van der Waals surface area contributed by atoms with Crippen LogP contribution in [0.2, 0.25) is 0 Å². The summed E-state index contributed by atoms with van der Waals surface area (Å²) < 4.78 is 14.9. The van der Waals surface area contributed by atoms with Crippen molar-refractivity contribution in [3.63, 3.8) is 0 Å². The van der Waals surface area contributed by atoms with Crippen LogP contribution in [-0.4, -0.2) is 94.3 Å². The minimum Gasteiger partial charge on any atom is -0.372 e. The zero-order valence-electron chi connectivity index (χ0n) is 45.0. The highest BCUT2D eigenvalue weighted by Crippen LogP contribution is 2.42. The zero-order valence-corrected chi connectivity index (χ0v) is 45.9. The molecule has 21 nitrogen and oxygen atoms in total. The summed E-state index contributed by atoms with van der Waals surface area (Å²) in [6.45, 7) is 0. The van der Waals surface area contributed by atoms with Gasteiger partial charge in [0.1, 0.15) is 30.0 Å². The van der Waals surface area contributed by atoms with Gasteiger partial charge in [-0.05, 0) is 121 Å². The predicted molar refractivity (Wildman–Crippen MR) is 304 cm³/mol. The van der Waals surface area contributed by atoms with Crippen molar-refractivity contribution in [1.29, 1.82) is 0 Å². The number of primary amides is 1. The number of piperidine rings is 1. The number of unbranched alkanes of at least 4 members (excludes halogenated alkanes) is 3. The number of hydrogen-bond donors (Lipinski definition) is 9. The number of aliphatic hydroxyl groups is 1. The molecule has 1 saturated heterocycles. The second-order valence-electron chi connectivity index (χ2n) is 21.5. The van der Waals surface area contributed by atoms with E-state index in [9.17, 15) is 53.0 Å². The first-order valence-corrected chi connectivity index (χ1v) is 29.1. The number of anilines is 1. The smallest absolute Gasteiger partial charge is 0.372 e. The molecule has 6 amide bonds. The van der Waals surface area contributed by atoms with Crippen LogP contribution in [0.1, 0.15) is 124 Å². The first kappa shape index (κ1) is 56.8. The first-order valence-electron chi connectivity index (χ1n) is 27.5. The maximum Gasteiger partial charge on any atom is 0.396 e. The zero-order chi connectivity index (χ0) is 58.0. The summed E-state index contributed by atoms with van der Waals surface area (Å²) in [5.74, 6) is -3.41. The molecule has 0 aliphatic carbocycles. The summed E-state index contributed by atoms with van der Waals surface area (Å²) >= 11 is 0. The molecule has 10 N–H and O–H groups in total. The van der Waals surface area contributed by atoms with Gasteiger partial charge < -0.3 is 46.9 Å². The molecule has 1 fully saturated rings. The van der Waals surface area contributed by atoms with Crippen LogP contribution in [0.15, 0.2) is 120 Å². The Morgan fingerprint density at radius 3 is 2.12 bits per heavy atom. The number of rotatable bonds is 21. The van der Waals surface area contributed by atoms with Crippen molar-refractivity contribution in [2.24, 2.45) is 12.8 Å². The number of aromatic amines is 1. The Kier molecular flexibility index (Phi) is 16.6. The number of nitrogens with two attached hydrogens (primary N) is 1. The van der Waals surface area contributed by atoms with E-state index in [2.05, 4.69) is 26.3 Å². The van der Waals surface area contributed by atoms with Gasteiger partial charge in [-0.2, -0.15) is 0 Å². The molecule has 5 heterocycles. The molecule has 3 aliphatic heterocycles. The molecule has 7 aromatic rings. The third-order valence-electron chi connectivity index (χ3n) is 15.9. The van der Waals surface area contributed by atoms with E-state index in [1.54, 1.807) is 16.2 Å². The molecule has 0 radical (unpaired) electrons. The van der Waals surface area contributed by atoms with Gasteiger partial charge in [-0.1, -0.05) is 91.7 Å². The van der Waals surface area contributed by atoms with Crippen LogP contribution in [0.5, 0.6) is 0 Å². The highest BCUT2D eigenvalue weighted by molar-refractivity contribution is 7.70. The summed E-state index contributed by atoms with van der Waals surface area (Å²) in [6.07, 6.45) is 4.64. The van der Waals surface area contributed by atoms with Crippen LogP contribution in [0.4, 0.5) is 5.69 Å². The number of aliphatic hydroxyl groups excluding tert-OH is 1. The molecule has 0 spiro atoms. The van der Waals surface area contributed by atoms with Crippen LogP contribution >= 0.6 is 7.60 Å².